The van der Waals surface area contributed by atoms with Crippen molar-refractivity contribution in [3.63, 3.8) is 0 Å². The molecule has 21 heavy (non-hydrogen) atoms. The Morgan fingerprint density at radius 2 is 2.05 bits per heavy atom. The summed E-state index contributed by atoms with van der Waals surface area (Å²) in [5, 5.41) is 2.48. The fourth-order valence-electron chi connectivity index (χ4n) is 1.63. The number of nitrogens with zero attached hydrogens (tertiary/aromatic N) is 3. The van der Waals surface area contributed by atoms with E-state index in [1.807, 2.05) is 6.92 Å². The fraction of sp³-hybridized carbons (Fsp3) is 0.385. The third-order valence-electron chi connectivity index (χ3n) is 2.72. The first-order valence-corrected chi connectivity index (χ1v) is 7.02. The first-order valence-electron chi connectivity index (χ1n) is 6.20. The molecular weight excluding hydrogens is 300 g/mol. The number of hydrogen-bond donors (Lipinski definition) is 0. The van der Waals surface area contributed by atoms with E-state index in [2.05, 4.69) is 10.0 Å². The SMILES string of the molecule is CCCC(C)C(=O)Sc1cc(C(=O)N=[N+]=[N-])c(F)cc1F. The van der Waals surface area contributed by atoms with Gasteiger partial charge in [0.05, 0.1) is 10.5 Å². The minimum absolute atomic E-state index is 0.166. The molecule has 1 amide bonds. The molecule has 0 saturated carbocycles. The van der Waals surface area contributed by atoms with E-state index in [0.717, 1.165) is 12.5 Å². The van der Waals surface area contributed by atoms with Gasteiger partial charge in [-0.1, -0.05) is 20.3 Å². The molecule has 0 bridgehead atoms. The number of benzene rings is 1. The predicted octanol–water partition coefficient (Wildman–Crippen LogP) is 4.47. The quantitative estimate of drug-likeness (QED) is 0.348. The second-order valence-corrected chi connectivity index (χ2v) is 5.41. The second-order valence-electron chi connectivity index (χ2n) is 4.37. The highest BCUT2D eigenvalue weighted by atomic mass is 32.2. The molecule has 1 aromatic rings. The van der Waals surface area contributed by atoms with E-state index >= 15 is 0 Å². The number of azide groups is 1. The van der Waals surface area contributed by atoms with Gasteiger partial charge in [-0.25, -0.2) is 8.78 Å². The Morgan fingerprint density at radius 3 is 2.62 bits per heavy atom. The van der Waals surface area contributed by atoms with Gasteiger partial charge in [-0.05, 0) is 34.9 Å². The lowest BCUT2D eigenvalue weighted by Crippen LogP contribution is -2.07. The van der Waals surface area contributed by atoms with Crippen LogP contribution in [0, 0.1) is 17.6 Å². The zero-order valence-corrected chi connectivity index (χ0v) is 12.3. The van der Waals surface area contributed by atoms with Gasteiger partial charge in [0.25, 0.3) is 5.91 Å². The average Bonchev–Trinajstić information content (AvgIpc) is 2.42. The number of halogens is 2. The highest BCUT2D eigenvalue weighted by Gasteiger charge is 2.20. The van der Waals surface area contributed by atoms with Gasteiger partial charge in [0.1, 0.15) is 11.6 Å². The first kappa shape index (κ1) is 17.1. The minimum atomic E-state index is -1.16. The molecule has 0 radical (unpaired) electrons. The Bertz CT molecular complexity index is 616. The van der Waals surface area contributed by atoms with E-state index < -0.39 is 23.1 Å². The molecule has 1 atom stereocenters. The van der Waals surface area contributed by atoms with Crippen molar-refractivity contribution in [2.45, 2.75) is 31.6 Å². The highest BCUT2D eigenvalue weighted by Crippen LogP contribution is 2.29. The maximum Gasteiger partial charge on any atom is 0.252 e. The summed E-state index contributed by atoms with van der Waals surface area (Å²) < 4.78 is 27.1. The molecule has 0 fully saturated rings. The minimum Gasteiger partial charge on any atom is -0.287 e. The van der Waals surface area contributed by atoms with E-state index in [-0.39, 0.29) is 15.9 Å². The van der Waals surface area contributed by atoms with Crippen LogP contribution in [0.4, 0.5) is 8.78 Å². The molecule has 112 valence electrons. The van der Waals surface area contributed by atoms with E-state index in [4.69, 9.17) is 5.53 Å². The van der Waals surface area contributed by atoms with Crippen molar-refractivity contribution < 1.29 is 18.4 Å². The zero-order valence-electron chi connectivity index (χ0n) is 11.5. The lowest BCUT2D eigenvalue weighted by molar-refractivity contribution is -0.114. The molecule has 8 heteroatoms. The van der Waals surface area contributed by atoms with Crippen molar-refractivity contribution in [3.8, 4) is 0 Å². The van der Waals surface area contributed by atoms with E-state index in [9.17, 15) is 18.4 Å². The molecule has 0 aliphatic carbocycles. The normalized spacial score (nSPS) is 11.6. The van der Waals surface area contributed by atoms with Crippen molar-refractivity contribution in [3.05, 3.63) is 39.8 Å². The Kier molecular flexibility index (Phi) is 6.33. The average molecular weight is 313 g/mol. The molecule has 0 aromatic heterocycles. The fourth-order valence-corrected chi connectivity index (χ4v) is 2.49. The molecule has 0 N–H and O–H groups in total. The molecule has 0 aliphatic rings. The summed E-state index contributed by atoms with van der Waals surface area (Å²) in [7, 11) is 0. The highest BCUT2D eigenvalue weighted by molar-refractivity contribution is 8.13. The van der Waals surface area contributed by atoms with Gasteiger partial charge in [-0.15, -0.1) is 0 Å². The summed E-state index contributed by atoms with van der Waals surface area (Å²) in [4.78, 5) is 25.4. The van der Waals surface area contributed by atoms with Crippen LogP contribution in [0.1, 0.15) is 37.0 Å². The van der Waals surface area contributed by atoms with Crippen LogP contribution < -0.4 is 0 Å². The lowest BCUT2D eigenvalue weighted by Gasteiger charge is -2.09. The number of hydrogen-bond acceptors (Lipinski definition) is 3. The summed E-state index contributed by atoms with van der Waals surface area (Å²) >= 11 is 0.609. The number of rotatable bonds is 5. The van der Waals surface area contributed by atoms with Crippen LogP contribution in [0.5, 0.6) is 0 Å². The Labute approximate surface area is 124 Å². The van der Waals surface area contributed by atoms with E-state index in [0.29, 0.717) is 24.2 Å². The summed E-state index contributed by atoms with van der Waals surface area (Å²) in [5.41, 5.74) is 7.61. The topological polar surface area (TPSA) is 82.9 Å². The van der Waals surface area contributed by atoms with Crippen LogP contribution in [-0.2, 0) is 4.79 Å². The molecule has 1 aromatic carbocycles. The number of amides is 1. The molecule has 1 rings (SSSR count). The van der Waals surface area contributed by atoms with E-state index in [1.165, 1.54) is 0 Å². The van der Waals surface area contributed by atoms with Crippen LogP contribution in [0.15, 0.2) is 22.1 Å². The molecule has 0 saturated heterocycles. The third-order valence-corrected chi connectivity index (χ3v) is 3.86. The van der Waals surface area contributed by atoms with Crippen molar-refractivity contribution in [2.75, 3.05) is 0 Å². The maximum atomic E-state index is 13.7. The summed E-state index contributed by atoms with van der Waals surface area (Å²) in [5.74, 6) is -3.51. The monoisotopic (exact) mass is 313 g/mol. The molecule has 0 spiro atoms. The van der Waals surface area contributed by atoms with Crippen LogP contribution in [0.25, 0.3) is 10.4 Å². The molecule has 0 aliphatic heterocycles. The molecule has 1 unspecified atom stereocenters. The van der Waals surface area contributed by atoms with Gasteiger partial charge in [-0.2, -0.15) is 0 Å². The van der Waals surface area contributed by atoms with Gasteiger partial charge in [0.2, 0.25) is 0 Å². The lowest BCUT2D eigenvalue weighted by atomic mass is 10.1. The summed E-state index contributed by atoms with van der Waals surface area (Å²) in [6.07, 6.45) is 1.46. The second kappa shape index (κ2) is 7.75. The van der Waals surface area contributed by atoms with Crippen LogP contribution in [-0.4, -0.2) is 11.0 Å². The molecule has 0 heterocycles. The standard InChI is InChI=1S/C13H13F2N3O2S/c1-3-4-7(2)13(20)21-11-5-8(12(19)17-18-16)9(14)6-10(11)15/h5-7H,3-4H2,1-2H3. The number of carbonyl (C=O) groups excluding carboxylic acids is 2. The van der Waals surface area contributed by atoms with Crippen molar-refractivity contribution in [2.24, 2.45) is 11.0 Å². The van der Waals surface area contributed by atoms with Crippen LogP contribution in [0.2, 0.25) is 0 Å². The maximum absolute atomic E-state index is 13.7. The van der Waals surface area contributed by atoms with Gasteiger partial charge in [-0.3, -0.25) is 9.59 Å². The van der Waals surface area contributed by atoms with Crippen LogP contribution >= 0.6 is 11.8 Å². The van der Waals surface area contributed by atoms with Crippen molar-refractivity contribution in [1.82, 2.24) is 0 Å². The molecule has 5 nitrogen and oxygen atoms in total. The van der Waals surface area contributed by atoms with Crippen LogP contribution in [0.3, 0.4) is 0 Å². The zero-order chi connectivity index (χ0) is 16.0. The molecular formula is C13H13F2N3O2S. The van der Waals surface area contributed by atoms with Gasteiger partial charge in [0, 0.05) is 16.9 Å². The van der Waals surface area contributed by atoms with Gasteiger partial charge >= 0.3 is 0 Å². The summed E-state index contributed by atoms with van der Waals surface area (Å²) in [6, 6.07) is 1.39. The first-order chi connectivity index (χ1) is 9.90. The third kappa shape index (κ3) is 4.54. The van der Waals surface area contributed by atoms with Gasteiger partial charge < -0.3 is 0 Å². The van der Waals surface area contributed by atoms with Crippen molar-refractivity contribution >= 4 is 22.8 Å². The number of carbonyl (C=O) groups is 2. The predicted molar refractivity (Wildman–Crippen MR) is 74.8 cm³/mol. The summed E-state index contributed by atoms with van der Waals surface area (Å²) in [6.45, 7) is 3.63. The largest absolute Gasteiger partial charge is 0.287 e. The van der Waals surface area contributed by atoms with E-state index in [1.54, 1.807) is 6.92 Å². The Hall–Kier alpha value is -1.92. The van der Waals surface area contributed by atoms with Gasteiger partial charge in [0.15, 0.2) is 5.12 Å². The van der Waals surface area contributed by atoms with Crippen molar-refractivity contribution in [1.29, 1.82) is 0 Å². The Morgan fingerprint density at radius 1 is 1.38 bits per heavy atom. The number of thioether (sulfide) groups is 1. The Balaban J connectivity index is 3.08. The smallest absolute Gasteiger partial charge is 0.252 e.